The van der Waals surface area contributed by atoms with E-state index in [0.29, 0.717) is 30.5 Å². The van der Waals surface area contributed by atoms with Crippen LogP contribution in [-0.4, -0.2) is 43.2 Å². The van der Waals surface area contributed by atoms with Gasteiger partial charge in [0.15, 0.2) is 5.89 Å². The fraction of sp³-hybridized carbons (Fsp3) is 0.636. The quantitative estimate of drug-likeness (QED) is 0.777. The average Bonchev–Trinajstić information content (AvgIpc) is 2.67. The monoisotopic (exact) mass is 239 g/mol. The first-order chi connectivity index (χ1) is 8.16. The zero-order valence-corrected chi connectivity index (χ0v) is 10.1. The Morgan fingerprint density at radius 1 is 1.59 bits per heavy atom. The van der Waals surface area contributed by atoms with Crippen molar-refractivity contribution in [2.45, 2.75) is 19.9 Å². The summed E-state index contributed by atoms with van der Waals surface area (Å²) < 4.78 is 10.5. The van der Waals surface area contributed by atoms with E-state index in [2.05, 4.69) is 15.6 Å². The molecule has 2 heterocycles. The third-order valence-corrected chi connectivity index (χ3v) is 2.62. The van der Waals surface area contributed by atoms with Crippen molar-refractivity contribution in [1.29, 1.82) is 0 Å². The summed E-state index contributed by atoms with van der Waals surface area (Å²) in [6, 6.07) is 0.164. The molecule has 1 fully saturated rings. The first-order valence-corrected chi connectivity index (χ1v) is 5.70. The number of aromatic nitrogens is 1. The van der Waals surface area contributed by atoms with Crippen molar-refractivity contribution in [1.82, 2.24) is 15.6 Å². The van der Waals surface area contributed by atoms with E-state index >= 15 is 0 Å². The molecule has 1 atom stereocenters. The van der Waals surface area contributed by atoms with Gasteiger partial charge in [-0.3, -0.25) is 4.79 Å². The molecule has 1 amide bonds. The normalized spacial score (nSPS) is 20.2. The summed E-state index contributed by atoms with van der Waals surface area (Å²) in [6.07, 6.45) is 0. The topological polar surface area (TPSA) is 76.4 Å². The van der Waals surface area contributed by atoms with Crippen LogP contribution in [-0.2, 0) is 4.74 Å². The number of nitrogens with zero attached hydrogens (tertiary/aromatic N) is 1. The van der Waals surface area contributed by atoms with Crippen molar-refractivity contribution in [3.63, 3.8) is 0 Å². The maximum Gasteiger partial charge on any atom is 0.289 e. The van der Waals surface area contributed by atoms with Gasteiger partial charge in [0, 0.05) is 26.1 Å². The molecule has 1 aliphatic rings. The highest BCUT2D eigenvalue weighted by Gasteiger charge is 2.18. The van der Waals surface area contributed by atoms with Crippen molar-refractivity contribution in [2.75, 3.05) is 26.3 Å². The van der Waals surface area contributed by atoms with Crippen LogP contribution in [0, 0.1) is 13.8 Å². The van der Waals surface area contributed by atoms with Crippen molar-refractivity contribution in [3.8, 4) is 0 Å². The second kappa shape index (κ2) is 5.29. The number of carbonyl (C=O) groups excluding carboxylic acids is 1. The lowest BCUT2D eigenvalue weighted by Crippen LogP contribution is -2.48. The lowest BCUT2D eigenvalue weighted by molar-refractivity contribution is 0.0727. The van der Waals surface area contributed by atoms with Crippen molar-refractivity contribution in [2.24, 2.45) is 0 Å². The van der Waals surface area contributed by atoms with E-state index < -0.39 is 0 Å². The predicted molar refractivity (Wildman–Crippen MR) is 60.9 cm³/mol. The predicted octanol–water partition coefficient (Wildman–Crippen LogP) is 0.00964. The number of hydrogen-bond donors (Lipinski definition) is 2. The minimum atomic E-state index is -0.226. The molecule has 1 aliphatic heterocycles. The molecule has 2 N–H and O–H groups in total. The molecule has 6 heteroatoms. The number of carbonyl (C=O) groups is 1. The molecule has 1 aromatic heterocycles. The number of oxazole rings is 1. The minimum absolute atomic E-state index is 0.164. The largest absolute Gasteiger partial charge is 0.436 e. The van der Waals surface area contributed by atoms with Gasteiger partial charge in [0.2, 0.25) is 5.76 Å². The molecule has 6 nitrogen and oxygen atoms in total. The maximum atomic E-state index is 11.8. The van der Waals surface area contributed by atoms with Crippen LogP contribution in [0.15, 0.2) is 4.42 Å². The molecule has 94 valence electrons. The second-order valence-corrected chi connectivity index (χ2v) is 4.08. The first-order valence-electron chi connectivity index (χ1n) is 5.70. The summed E-state index contributed by atoms with van der Waals surface area (Å²) in [7, 11) is 0. The molecule has 0 bridgehead atoms. The standard InChI is InChI=1S/C11H17N3O3/c1-7-10(17-8(2)14-7)11(15)13-5-9-6-16-4-3-12-9/h9,12H,3-6H2,1-2H3,(H,13,15). The van der Waals surface area contributed by atoms with Gasteiger partial charge in [-0.25, -0.2) is 4.98 Å². The molecule has 1 unspecified atom stereocenters. The van der Waals surface area contributed by atoms with Gasteiger partial charge in [-0.15, -0.1) is 0 Å². The summed E-state index contributed by atoms with van der Waals surface area (Å²) in [5.41, 5.74) is 0.618. The Kier molecular flexibility index (Phi) is 3.75. The van der Waals surface area contributed by atoms with E-state index in [9.17, 15) is 4.79 Å². The minimum Gasteiger partial charge on any atom is -0.436 e. The van der Waals surface area contributed by atoms with E-state index in [1.807, 2.05) is 0 Å². The summed E-state index contributed by atoms with van der Waals surface area (Å²) in [5, 5.41) is 6.07. The van der Waals surface area contributed by atoms with Crippen LogP contribution in [0.1, 0.15) is 22.1 Å². The lowest BCUT2D eigenvalue weighted by Gasteiger charge is -2.23. The first kappa shape index (κ1) is 12.1. The molecule has 2 rings (SSSR count). The van der Waals surface area contributed by atoms with Gasteiger partial charge in [0.25, 0.3) is 5.91 Å². The molecule has 0 spiro atoms. The SMILES string of the molecule is Cc1nc(C)c(C(=O)NCC2COCCN2)o1. The van der Waals surface area contributed by atoms with Crippen LogP contribution in [0.25, 0.3) is 0 Å². The Morgan fingerprint density at radius 2 is 2.41 bits per heavy atom. The summed E-state index contributed by atoms with van der Waals surface area (Å²) >= 11 is 0. The molecular formula is C11H17N3O3. The maximum absolute atomic E-state index is 11.8. The van der Waals surface area contributed by atoms with E-state index in [1.165, 1.54) is 0 Å². The van der Waals surface area contributed by atoms with Crippen LogP contribution >= 0.6 is 0 Å². The van der Waals surface area contributed by atoms with E-state index in [-0.39, 0.29) is 11.9 Å². The number of aryl methyl sites for hydroxylation is 2. The number of morpholine rings is 1. The molecule has 1 aromatic rings. The second-order valence-electron chi connectivity index (χ2n) is 4.08. The molecule has 0 aliphatic carbocycles. The van der Waals surface area contributed by atoms with Crippen LogP contribution in [0.2, 0.25) is 0 Å². The zero-order valence-electron chi connectivity index (χ0n) is 10.1. The Hall–Kier alpha value is -1.40. The average molecular weight is 239 g/mol. The van der Waals surface area contributed by atoms with Gasteiger partial charge in [-0.2, -0.15) is 0 Å². The van der Waals surface area contributed by atoms with Crippen LogP contribution in [0.3, 0.4) is 0 Å². The molecular weight excluding hydrogens is 222 g/mol. The number of hydrogen-bond acceptors (Lipinski definition) is 5. The molecule has 0 aromatic carbocycles. The van der Waals surface area contributed by atoms with E-state index in [0.717, 1.165) is 13.2 Å². The summed E-state index contributed by atoms with van der Waals surface area (Å²) in [5.74, 6) is 0.571. The van der Waals surface area contributed by atoms with Gasteiger partial charge >= 0.3 is 0 Å². The van der Waals surface area contributed by atoms with Gasteiger partial charge in [0.05, 0.1) is 18.9 Å². The highest BCUT2D eigenvalue weighted by molar-refractivity contribution is 5.92. The van der Waals surface area contributed by atoms with Gasteiger partial charge in [-0.1, -0.05) is 0 Å². The summed E-state index contributed by atoms with van der Waals surface area (Å²) in [6.45, 7) is 6.17. The highest BCUT2D eigenvalue weighted by Crippen LogP contribution is 2.08. The van der Waals surface area contributed by atoms with Gasteiger partial charge < -0.3 is 19.8 Å². The fourth-order valence-electron chi connectivity index (χ4n) is 1.79. The lowest BCUT2D eigenvalue weighted by atomic mass is 10.2. The number of nitrogens with one attached hydrogen (secondary N) is 2. The van der Waals surface area contributed by atoms with Gasteiger partial charge in [-0.05, 0) is 6.92 Å². The third kappa shape index (κ3) is 3.04. The van der Waals surface area contributed by atoms with Crippen molar-refractivity contribution < 1.29 is 13.9 Å². The smallest absolute Gasteiger partial charge is 0.289 e. The van der Waals surface area contributed by atoms with E-state index in [1.54, 1.807) is 13.8 Å². The number of amides is 1. The zero-order chi connectivity index (χ0) is 12.3. The van der Waals surface area contributed by atoms with Crippen LogP contribution in [0.4, 0.5) is 0 Å². The summed E-state index contributed by atoms with van der Waals surface area (Å²) in [4.78, 5) is 15.9. The molecule has 0 saturated carbocycles. The number of rotatable bonds is 3. The van der Waals surface area contributed by atoms with Crippen LogP contribution < -0.4 is 10.6 Å². The van der Waals surface area contributed by atoms with Gasteiger partial charge in [0.1, 0.15) is 0 Å². The van der Waals surface area contributed by atoms with Crippen molar-refractivity contribution in [3.05, 3.63) is 17.3 Å². The van der Waals surface area contributed by atoms with Crippen molar-refractivity contribution >= 4 is 5.91 Å². The molecule has 1 saturated heterocycles. The molecule has 0 radical (unpaired) electrons. The third-order valence-electron chi connectivity index (χ3n) is 2.62. The Balaban J connectivity index is 1.86. The molecule has 17 heavy (non-hydrogen) atoms. The number of ether oxygens (including phenoxy) is 1. The van der Waals surface area contributed by atoms with E-state index in [4.69, 9.17) is 9.15 Å². The Bertz CT molecular complexity index is 397. The van der Waals surface area contributed by atoms with Crippen LogP contribution in [0.5, 0.6) is 0 Å². The Morgan fingerprint density at radius 3 is 3.00 bits per heavy atom. The highest BCUT2D eigenvalue weighted by atomic mass is 16.5. The Labute approximate surface area is 99.7 Å². The fourth-order valence-corrected chi connectivity index (χ4v) is 1.79.